The molecule has 0 aromatic heterocycles. The normalized spacial score (nSPS) is 14.8. The summed E-state index contributed by atoms with van der Waals surface area (Å²) in [4.78, 5) is 26.2. The van der Waals surface area contributed by atoms with E-state index in [-0.39, 0.29) is 5.78 Å². The van der Waals surface area contributed by atoms with Gasteiger partial charge in [-0.1, -0.05) is 12.1 Å². The SMILES string of the molecule is C[NH+](C)CCN1C(=O)C(=O)c2ccccc21. The summed E-state index contributed by atoms with van der Waals surface area (Å²) in [6.07, 6.45) is 0. The summed E-state index contributed by atoms with van der Waals surface area (Å²) in [6.45, 7) is 1.41. The van der Waals surface area contributed by atoms with Gasteiger partial charge in [-0.05, 0) is 12.1 Å². The molecule has 0 atom stereocenters. The number of nitrogens with zero attached hydrogens (tertiary/aromatic N) is 1. The molecule has 0 saturated carbocycles. The van der Waals surface area contributed by atoms with Crippen LogP contribution in [0.25, 0.3) is 0 Å². The number of hydrogen-bond acceptors (Lipinski definition) is 2. The van der Waals surface area contributed by atoms with E-state index in [1.807, 2.05) is 26.2 Å². The van der Waals surface area contributed by atoms with Gasteiger partial charge in [0.15, 0.2) is 0 Å². The van der Waals surface area contributed by atoms with Crippen LogP contribution in [0.5, 0.6) is 0 Å². The van der Waals surface area contributed by atoms with Crippen molar-refractivity contribution in [2.24, 2.45) is 0 Å². The quantitative estimate of drug-likeness (QED) is 0.687. The largest absolute Gasteiger partial charge is 0.338 e. The minimum absolute atomic E-state index is 0.385. The van der Waals surface area contributed by atoms with Crippen molar-refractivity contribution in [2.45, 2.75) is 0 Å². The number of para-hydroxylation sites is 1. The molecule has 1 aromatic rings. The lowest BCUT2D eigenvalue weighted by molar-refractivity contribution is -0.856. The minimum atomic E-state index is -0.401. The summed E-state index contributed by atoms with van der Waals surface area (Å²) >= 11 is 0. The van der Waals surface area contributed by atoms with Crippen molar-refractivity contribution in [3.05, 3.63) is 29.8 Å². The first-order valence-corrected chi connectivity index (χ1v) is 5.35. The molecule has 0 aliphatic carbocycles. The Morgan fingerprint density at radius 2 is 1.88 bits per heavy atom. The van der Waals surface area contributed by atoms with Gasteiger partial charge in [-0.2, -0.15) is 0 Å². The Kier molecular flexibility index (Phi) is 2.75. The van der Waals surface area contributed by atoms with Gasteiger partial charge in [-0.15, -0.1) is 0 Å². The van der Waals surface area contributed by atoms with Crippen molar-refractivity contribution in [1.29, 1.82) is 0 Å². The molecular formula is C12H15N2O2+. The molecule has 0 unspecified atom stereocenters. The topological polar surface area (TPSA) is 41.8 Å². The number of carbonyl (C=O) groups excluding carboxylic acids is 2. The summed E-state index contributed by atoms with van der Waals surface area (Å²) in [5.41, 5.74) is 1.28. The van der Waals surface area contributed by atoms with Crippen LogP contribution in [0, 0.1) is 0 Å². The molecule has 1 N–H and O–H groups in total. The minimum Gasteiger partial charge on any atom is -0.338 e. The number of Topliss-reactive ketones (excluding diaryl/α,β-unsaturated/α-hetero) is 1. The first-order chi connectivity index (χ1) is 7.61. The van der Waals surface area contributed by atoms with Crippen molar-refractivity contribution in [3.63, 3.8) is 0 Å². The second kappa shape index (κ2) is 4.06. The smallest absolute Gasteiger partial charge is 0.299 e. The van der Waals surface area contributed by atoms with Crippen molar-refractivity contribution in [1.82, 2.24) is 0 Å². The number of nitrogens with one attached hydrogen (secondary N) is 1. The summed E-state index contributed by atoms with van der Waals surface area (Å²) in [6, 6.07) is 7.16. The number of fused-ring (bicyclic) bond motifs is 1. The number of hydrogen-bond donors (Lipinski definition) is 1. The lowest BCUT2D eigenvalue weighted by Crippen LogP contribution is -3.06. The fraction of sp³-hybridized carbons (Fsp3) is 0.333. The number of rotatable bonds is 3. The van der Waals surface area contributed by atoms with Crippen LogP contribution in [0.3, 0.4) is 0 Å². The Morgan fingerprint density at radius 3 is 2.56 bits per heavy atom. The maximum atomic E-state index is 11.7. The lowest BCUT2D eigenvalue weighted by atomic mass is 10.1. The predicted molar refractivity (Wildman–Crippen MR) is 60.8 cm³/mol. The monoisotopic (exact) mass is 219 g/mol. The van der Waals surface area contributed by atoms with E-state index >= 15 is 0 Å². The molecule has 0 radical (unpaired) electrons. The Morgan fingerprint density at radius 1 is 1.19 bits per heavy atom. The molecule has 1 aliphatic rings. The zero-order valence-electron chi connectivity index (χ0n) is 9.49. The zero-order chi connectivity index (χ0) is 11.7. The highest BCUT2D eigenvalue weighted by Crippen LogP contribution is 2.27. The first-order valence-electron chi connectivity index (χ1n) is 5.35. The van der Waals surface area contributed by atoms with Gasteiger partial charge in [0.05, 0.1) is 38.4 Å². The molecule has 84 valence electrons. The van der Waals surface area contributed by atoms with Crippen LogP contribution in [0.1, 0.15) is 10.4 Å². The highest BCUT2D eigenvalue weighted by molar-refractivity contribution is 6.52. The van der Waals surface area contributed by atoms with Gasteiger partial charge in [0.1, 0.15) is 0 Å². The Labute approximate surface area is 94.5 Å². The highest BCUT2D eigenvalue weighted by Gasteiger charge is 2.35. The van der Waals surface area contributed by atoms with Crippen LogP contribution in [0.15, 0.2) is 24.3 Å². The number of benzene rings is 1. The Balaban J connectivity index is 2.27. The van der Waals surface area contributed by atoms with Crippen molar-refractivity contribution in [2.75, 3.05) is 32.1 Å². The van der Waals surface area contributed by atoms with Crippen molar-refractivity contribution < 1.29 is 14.5 Å². The number of ketones is 1. The van der Waals surface area contributed by atoms with E-state index in [1.165, 1.54) is 4.90 Å². The Hall–Kier alpha value is -1.68. The van der Waals surface area contributed by atoms with E-state index in [9.17, 15) is 9.59 Å². The van der Waals surface area contributed by atoms with E-state index < -0.39 is 5.91 Å². The number of carbonyl (C=O) groups is 2. The third-order valence-corrected chi connectivity index (χ3v) is 2.71. The molecule has 1 aliphatic heterocycles. The van der Waals surface area contributed by atoms with Crippen molar-refractivity contribution >= 4 is 17.4 Å². The van der Waals surface area contributed by atoms with Crippen molar-refractivity contribution in [3.8, 4) is 0 Å². The molecule has 16 heavy (non-hydrogen) atoms. The van der Waals surface area contributed by atoms with Crippen LogP contribution in [-0.2, 0) is 4.79 Å². The summed E-state index contributed by atoms with van der Waals surface area (Å²) in [5, 5.41) is 0. The predicted octanol–water partition coefficient (Wildman–Crippen LogP) is -0.640. The van der Waals surface area contributed by atoms with Crippen LogP contribution in [0.4, 0.5) is 5.69 Å². The van der Waals surface area contributed by atoms with Gasteiger partial charge in [0, 0.05) is 0 Å². The second-order valence-corrected chi connectivity index (χ2v) is 4.26. The van der Waals surface area contributed by atoms with E-state index in [0.717, 1.165) is 12.2 Å². The highest BCUT2D eigenvalue weighted by atomic mass is 16.2. The number of quaternary nitrogens is 1. The molecule has 1 heterocycles. The molecular weight excluding hydrogens is 204 g/mol. The summed E-state index contributed by atoms with van der Waals surface area (Å²) in [7, 11) is 4.04. The third kappa shape index (κ3) is 1.72. The molecule has 1 amide bonds. The molecule has 4 heteroatoms. The standard InChI is InChI=1S/C12H14N2O2/c1-13(2)7-8-14-10-6-4-3-5-9(10)11(15)12(14)16/h3-6H,7-8H2,1-2H3/p+1. The molecule has 4 nitrogen and oxygen atoms in total. The second-order valence-electron chi connectivity index (χ2n) is 4.26. The molecule has 0 spiro atoms. The lowest BCUT2D eigenvalue weighted by Gasteiger charge is -2.17. The molecule has 1 aromatic carbocycles. The number of likely N-dealkylation sites (N-methyl/N-ethyl adjacent to an activating group) is 1. The van der Waals surface area contributed by atoms with Gasteiger partial charge < -0.3 is 4.90 Å². The fourth-order valence-corrected chi connectivity index (χ4v) is 1.81. The number of anilines is 1. The summed E-state index contributed by atoms with van der Waals surface area (Å²) < 4.78 is 0. The van der Waals surface area contributed by atoms with Crippen LogP contribution in [0.2, 0.25) is 0 Å². The average Bonchev–Trinajstić information content (AvgIpc) is 2.50. The van der Waals surface area contributed by atoms with E-state index in [2.05, 4.69) is 0 Å². The van der Waals surface area contributed by atoms with Crippen LogP contribution in [-0.4, -0.2) is 38.9 Å². The van der Waals surface area contributed by atoms with E-state index in [4.69, 9.17) is 0 Å². The Bertz CT molecular complexity index is 440. The van der Waals surface area contributed by atoms with Gasteiger partial charge in [0.25, 0.3) is 11.7 Å². The summed E-state index contributed by atoms with van der Waals surface area (Å²) in [5.74, 6) is -0.785. The maximum absolute atomic E-state index is 11.7. The molecule has 2 rings (SSSR count). The van der Waals surface area contributed by atoms with Gasteiger partial charge in [0.2, 0.25) is 0 Å². The molecule has 0 bridgehead atoms. The third-order valence-electron chi connectivity index (χ3n) is 2.71. The van der Waals surface area contributed by atoms with E-state index in [1.54, 1.807) is 17.0 Å². The van der Waals surface area contributed by atoms with E-state index in [0.29, 0.717) is 12.1 Å². The zero-order valence-corrected chi connectivity index (χ0v) is 9.49. The van der Waals surface area contributed by atoms with Crippen LogP contribution >= 0.6 is 0 Å². The van der Waals surface area contributed by atoms with Gasteiger partial charge in [-0.25, -0.2) is 0 Å². The molecule has 0 saturated heterocycles. The van der Waals surface area contributed by atoms with Gasteiger partial charge >= 0.3 is 0 Å². The fourth-order valence-electron chi connectivity index (χ4n) is 1.81. The van der Waals surface area contributed by atoms with Crippen LogP contribution < -0.4 is 9.80 Å². The maximum Gasteiger partial charge on any atom is 0.299 e. The number of amides is 1. The average molecular weight is 219 g/mol. The first kappa shape index (κ1) is 10.8. The van der Waals surface area contributed by atoms with Gasteiger partial charge in [-0.3, -0.25) is 14.5 Å². The molecule has 0 fully saturated rings.